The van der Waals surface area contributed by atoms with Crippen LogP contribution in [-0.4, -0.2) is 26.2 Å². The van der Waals surface area contributed by atoms with Crippen molar-refractivity contribution in [3.8, 4) is 5.75 Å². The molecule has 0 aliphatic heterocycles. The van der Waals surface area contributed by atoms with Gasteiger partial charge < -0.3 is 9.47 Å². The maximum atomic E-state index is 11.1. The Hall–Kier alpha value is -1.46. The van der Waals surface area contributed by atoms with Crippen LogP contribution < -0.4 is 14.7 Å². The number of esters is 1. The SMILES string of the molecule is CCOC(=O)CNN(Cl)c1ccc(OC)cc1. The molecule has 0 atom stereocenters. The number of nitrogens with one attached hydrogen (secondary N) is 1. The molecule has 1 N–H and O–H groups in total. The molecule has 0 heterocycles. The van der Waals surface area contributed by atoms with Crippen molar-refractivity contribution in [3.63, 3.8) is 0 Å². The van der Waals surface area contributed by atoms with Gasteiger partial charge in [-0.25, -0.2) is 9.95 Å². The first-order valence-corrected chi connectivity index (χ1v) is 5.50. The summed E-state index contributed by atoms with van der Waals surface area (Å²) in [4.78, 5) is 11.1. The van der Waals surface area contributed by atoms with Crippen molar-refractivity contribution in [2.75, 3.05) is 24.8 Å². The summed E-state index contributed by atoms with van der Waals surface area (Å²) < 4.78 is 11.0. The van der Waals surface area contributed by atoms with E-state index >= 15 is 0 Å². The molecule has 0 radical (unpaired) electrons. The summed E-state index contributed by atoms with van der Waals surface area (Å²) in [5, 5.41) is 0. The van der Waals surface area contributed by atoms with Crippen molar-refractivity contribution in [1.29, 1.82) is 0 Å². The number of carbonyl (C=O) groups is 1. The van der Waals surface area contributed by atoms with E-state index in [0.717, 1.165) is 5.75 Å². The Morgan fingerprint density at radius 1 is 1.41 bits per heavy atom. The van der Waals surface area contributed by atoms with E-state index in [1.54, 1.807) is 38.3 Å². The van der Waals surface area contributed by atoms with E-state index in [2.05, 4.69) is 5.43 Å². The second kappa shape index (κ2) is 6.98. The van der Waals surface area contributed by atoms with Gasteiger partial charge in [-0.2, -0.15) is 0 Å². The van der Waals surface area contributed by atoms with Crippen LogP contribution in [-0.2, 0) is 9.53 Å². The van der Waals surface area contributed by atoms with Gasteiger partial charge >= 0.3 is 5.97 Å². The van der Waals surface area contributed by atoms with E-state index in [1.807, 2.05) is 0 Å². The summed E-state index contributed by atoms with van der Waals surface area (Å²) in [6, 6.07) is 7.08. The largest absolute Gasteiger partial charge is 0.497 e. The van der Waals surface area contributed by atoms with Gasteiger partial charge in [0.1, 0.15) is 12.3 Å². The predicted octanol–water partition coefficient (Wildman–Crippen LogP) is 1.72. The molecule has 1 rings (SSSR count). The molecular weight excluding hydrogens is 244 g/mol. The lowest BCUT2D eigenvalue weighted by atomic mass is 10.3. The Morgan fingerprint density at radius 3 is 2.59 bits per heavy atom. The van der Waals surface area contributed by atoms with E-state index in [9.17, 15) is 4.79 Å². The summed E-state index contributed by atoms with van der Waals surface area (Å²) in [6.07, 6.45) is 0. The van der Waals surface area contributed by atoms with E-state index in [-0.39, 0.29) is 12.5 Å². The average molecular weight is 259 g/mol. The number of ether oxygens (including phenoxy) is 2. The monoisotopic (exact) mass is 258 g/mol. The van der Waals surface area contributed by atoms with E-state index in [0.29, 0.717) is 12.3 Å². The van der Waals surface area contributed by atoms with Gasteiger partial charge in [0.25, 0.3) is 0 Å². The molecule has 0 aromatic heterocycles. The van der Waals surface area contributed by atoms with Crippen LogP contribution in [0.5, 0.6) is 5.75 Å². The van der Waals surface area contributed by atoms with Gasteiger partial charge in [-0.1, -0.05) is 0 Å². The zero-order valence-electron chi connectivity index (χ0n) is 9.77. The summed E-state index contributed by atoms with van der Waals surface area (Å²) in [7, 11) is 1.59. The Kier molecular flexibility index (Phi) is 5.59. The number of benzene rings is 1. The fourth-order valence-electron chi connectivity index (χ4n) is 1.15. The molecule has 1 aromatic carbocycles. The highest BCUT2D eigenvalue weighted by molar-refractivity contribution is 6.25. The first kappa shape index (κ1) is 13.6. The lowest BCUT2D eigenvalue weighted by Gasteiger charge is -2.16. The Morgan fingerprint density at radius 2 is 2.06 bits per heavy atom. The summed E-state index contributed by atoms with van der Waals surface area (Å²) in [5.41, 5.74) is 3.41. The lowest BCUT2D eigenvalue weighted by Crippen LogP contribution is -2.35. The number of rotatable bonds is 6. The molecule has 0 aliphatic rings. The topological polar surface area (TPSA) is 50.8 Å². The van der Waals surface area contributed by atoms with Crippen molar-refractivity contribution in [2.24, 2.45) is 0 Å². The molecule has 0 amide bonds. The predicted molar refractivity (Wildman–Crippen MR) is 66.0 cm³/mol. The van der Waals surface area contributed by atoms with E-state index < -0.39 is 0 Å². The highest BCUT2D eigenvalue weighted by atomic mass is 35.5. The first-order chi connectivity index (χ1) is 8.17. The molecule has 0 spiro atoms. The van der Waals surface area contributed by atoms with Crippen molar-refractivity contribution in [2.45, 2.75) is 6.92 Å². The average Bonchev–Trinajstić information content (AvgIpc) is 2.36. The summed E-state index contributed by atoms with van der Waals surface area (Å²) in [6.45, 7) is 2.12. The molecule has 0 saturated heterocycles. The first-order valence-electron chi connectivity index (χ1n) is 5.16. The quantitative estimate of drug-likeness (QED) is 0.478. The third-order valence-corrected chi connectivity index (χ3v) is 2.28. The van der Waals surface area contributed by atoms with Crippen molar-refractivity contribution in [3.05, 3.63) is 24.3 Å². The highest BCUT2D eigenvalue weighted by Gasteiger charge is 2.06. The van der Waals surface area contributed by atoms with E-state index in [1.165, 1.54) is 4.53 Å². The van der Waals surface area contributed by atoms with Crippen LogP contribution in [0.2, 0.25) is 0 Å². The summed E-state index contributed by atoms with van der Waals surface area (Å²) >= 11 is 5.92. The number of hydrogen-bond acceptors (Lipinski definition) is 5. The molecule has 0 saturated carbocycles. The molecule has 0 aliphatic carbocycles. The Labute approximate surface area is 105 Å². The normalized spacial score (nSPS) is 9.82. The standard InChI is InChI=1S/C11H15ClN2O3/c1-3-17-11(15)8-13-14(12)9-4-6-10(16-2)7-5-9/h4-7,13H,3,8H2,1-2H3. The van der Waals surface area contributed by atoms with Crippen LogP contribution >= 0.6 is 11.8 Å². The third kappa shape index (κ3) is 4.50. The van der Waals surface area contributed by atoms with Crippen molar-refractivity contribution >= 4 is 23.4 Å². The van der Waals surface area contributed by atoms with Crippen molar-refractivity contribution in [1.82, 2.24) is 5.43 Å². The van der Waals surface area contributed by atoms with Gasteiger partial charge in [-0.15, -0.1) is 0 Å². The number of hydrogen-bond donors (Lipinski definition) is 1. The van der Waals surface area contributed by atoms with Crippen LogP contribution in [0, 0.1) is 0 Å². The minimum absolute atomic E-state index is 0.0172. The van der Waals surface area contributed by atoms with E-state index in [4.69, 9.17) is 21.3 Å². The van der Waals surface area contributed by atoms with Crippen LogP contribution in [0.3, 0.4) is 0 Å². The number of methoxy groups -OCH3 is 1. The highest BCUT2D eigenvalue weighted by Crippen LogP contribution is 2.18. The molecule has 5 nitrogen and oxygen atoms in total. The number of nitrogens with zero attached hydrogens (tertiary/aromatic N) is 1. The van der Waals surface area contributed by atoms with Crippen molar-refractivity contribution < 1.29 is 14.3 Å². The number of anilines is 1. The lowest BCUT2D eigenvalue weighted by molar-refractivity contribution is -0.141. The minimum Gasteiger partial charge on any atom is -0.497 e. The van der Waals surface area contributed by atoms with Crippen LogP contribution in [0.1, 0.15) is 6.92 Å². The van der Waals surface area contributed by atoms with Crippen LogP contribution in [0.15, 0.2) is 24.3 Å². The van der Waals surface area contributed by atoms with Gasteiger partial charge in [0.2, 0.25) is 0 Å². The number of carbonyl (C=O) groups excluding carboxylic acids is 1. The van der Waals surface area contributed by atoms with Gasteiger partial charge in [-0.05, 0) is 31.2 Å². The molecule has 0 bridgehead atoms. The van der Waals surface area contributed by atoms with Gasteiger partial charge in [0.05, 0.1) is 19.4 Å². The molecule has 1 aromatic rings. The third-order valence-electron chi connectivity index (χ3n) is 1.97. The van der Waals surface area contributed by atoms with Crippen LogP contribution in [0.4, 0.5) is 5.69 Å². The summed E-state index contributed by atoms with van der Waals surface area (Å²) in [5.74, 6) is 0.385. The van der Waals surface area contributed by atoms with Gasteiger partial charge in [-0.3, -0.25) is 4.79 Å². The smallest absolute Gasteiger partial charge is 0.321 e. The van der Waals surface area contributed by atoms with Crippen LogP contribution in [0.25, 0.3) is 0 Å². The maximum absolute atomic E-state index is 11.1. The van der Waals surface area contributed by atoms with Gasteiger partial charge in [0.15, 0.2) is 0 Å². The molecule has 0 fully saturated rings. The minimum atomic E-state index is -0.355. The molecule has 17 heavy (non-hydrogen) atoms. The number of hydrazine groups is 1. The Bertz CT molecular complexity index is 356. The number of halogens is 1. The second-order valence-corrected chi connectivity index (χ2v) is 3.46. The zero-order chi connectivity index (χ0) is 12.7. The second-order valence-electron chi connectivity index (χ2n) is 3.12. The van der Waals surface area contributed by atoms with Gasteiger partial charge in [0, 0.05) is 11.8 Å². The zero-order valence-corrected chi connectivity index (χ0v) is 10.5. The fourth-order valence-corrected chi connectivity index (χ4v) is 1.32. The molecule has 0 unspecified atom stereocenters. The molecule has 6 heteroatoms. The fraction of sp³-hybridized carbons (Fsp3) is 0.364. The Balaban J connectivity index is 2.46. The maximum Gasteiger partial charge on any atom is 0.321 e. The molecule has 94 valence electrons. The molecular formula is C11H15ClN2O3.